The van der Waals surface area contributed by atoms with Crippen molar-refractivity contribution in [3.63, 3.8) is 0 Å². The highest BCUT2D eigenvalue weighted by atomic mass is 32.1. The number of thiophene rings is 1. The molecule has 106 valence electrons. The van der Waals surface area contributed by atoms with Crippen molar-refractivity contribution in [2.45, 2.75) is 25.8 Å². The fraction of sp³-hybridized carbons (Fsp3) is 0.733. The molecule has 19 heavy (non-hydrogen) atoms. The van der Waals surface area contributed by atoms with Gasteiger partial charge in [0.2, 0.25) is 0 Å². The van der Waals surface area contributed by atoms with E-state index in [1.807, 2.05) is 11.3 Å². The molecule has 0 unspecified atom stereocenters. The third-order valence-electron chi connectivity index (χ3n) is 5.09. The maximum Gasteiger partial charge on any atom is 0.0476 e. The molecule has 0 amide bonds. The molecule has 0 aliphatic carbocycles. The highest BCUT2D eigenvalue weighted by molar-refractivity contribution is 7.09. The second-order valence-electron chi connectivity index (χ2n) is 6.05. The Bertz CT molecular complexity index is 385. The first-order chi connectivity index (χ1) is 9.32. The minimum Gasteiger partial charge on any atom is -0.396 e. The molecule has 3 heterocycles. The molecule has 1 aromatic heterocycles. The summed E-state index contributed by atoms with van der Waals surface area (Å²) in [6.45, 7) is 5.96. The van der Waals surface area contributed by atoms with Crippen molar-refractivity contribution < 1.29 is 5.11 Å². The molecule has 2 fully saturated rings. The van der Waals surface area contributed by atoms with Crippen LogP contribution in [0.5, 0.6) is 0 Å². The molecule has 1 spiro atoms. The van der Waals surface area contributed by atoms with Crippen molar-refractivity contribution in [3.8, 4) is 0 Å². The molecular weight excluding hydrogens is 256 g/mol. The standard InChI is InChI=1S/C15H24N2OS/c18-12-13-10-16-6-3-15(13)4-7-17(8-5-15)11-14-2-1-9-19-14/h1-2,9,13,16,18H,3-8,10-12H2/t13-/m1/s1. The quantitative estimate of drug-likeness (QED) is 0.888. The van der Waals surface area contributed by atoms with Gasteiger partial charge in [-0.25, -0.2) is 0 Å². The van der Waals surface area contributed by atoms with Gasteiger partial charge in [-0.2, -0.15) is 0 Å². The molecule has 0 aromatic carbocycles. The van der Waals surface area contributed by atoms with E-state index in [2.05, 4.69) is 27.7 Å². The van der Waals surface area contributed by atoms with Crippen LogP contribution in [0.25, 0.3) is 0 Å². The number of piperidine rings is 2. The molecule has 2 N–H and O–H groups in total. The van der Waals surface area contributed by atoms with Gasteiger partial charge >= 0.3 is 0 Å². The zero-order valence-corrected chi connectivity index (χ0v) is 12.3. The molecule has 4 heteroatoms. The number of hydrogen-bond donors (Lipinski definition) is 2. The lowest BCUT2D eigenvalue weighted by Crippen LogP contribution is -2.52. The second-order valence-corrected chi connectivity index (χ2v) is 7.08. The van der Waals surface area contributed by atoms with E-state index >= 15 is 0 Å². The van der Waals surface area contributed by atoms with E-state index in [1.165, 1.54) is 37.2 Å². The van der Waals surface area contributed by atoms with E-state index in [-0.39, 0.29) is 0 Å². The summed E-state index contributed by atoms with van der Waals surface area (Å²) in [5.74, 6) is 0.463. The number of aliphatic hydroxyl groups excluding tert-OH is 1. The van der Waals surface area contributed by atoms with E-state index in [4.69, 9.17) is 0 Å². The number of likely N-dealkylation sites (tertiary alicyclic amines) is 1. The van der Waals surface area contributed by atoms with Crippen molar-refractivity contribution in [2.24, 2.45) is 11.3 Å². The SMILES string of the molecule is OC[C@H]1CNCCC12CCN(Cc1cccs1)CC2. The normalized spacial score (nSPS) is 27.7. The topological polar surface area (TPSA) is 35.5 Å². The molecule has 2 aliphatic rings. The smallest absolute Gasteiger partial charge is 0.0476 e. The van der Waals surface area contributed by atoms with Crippen LogP contribution in [0.3, 0.4) is 0 Å². The van der Waals surface area contributed by atoms with Crippen LogP contribution in [-0.4, -0.2) is 42.8 Å². The number of nitrogens with one attached hydrogen (secondary N) is 1. The summed E-state index contributed by atoms with van der Waals surface area (Å²) < 4.78 is 0. The van der Waals surface area contributed by atoms with Crippen LogP contribution >= 0.6 is 11.3 Å². The van der Waals surface area contributed by atoms with Crippen LogP contribution < -0.4 is 5.32 Å². The molecule has 1 atom stereocenters. The maximum atomic E-state index is 9.63. The number of rotatable bonds is 3. The summed E-state index contributed by atoms with van der Waals surface area (Å²) in [7, 11) is 0. The van der Waals surface area contributed by atoms with Crippen molar-refractivity contribution in [2.75, 3.05) is 32.8 Å². The Labute approximate surface area is 119 Å². The van der Waals surface area contributed by atoms with Gasteiger partial charge in [0.05, 0.1) is 0 Å². The van der Waals surface area contributed by atoms with E-state index in [1.54, 1.807) is 0 Å². The lowest BCUT2D eigenvalue weighted by Gasteiger charge is -2.49. The van der Waals surface area contributed by atoms with Crippen LogP contribution in [0.4, 0.5) is 0 Å². The second kappa shape index (κ2) is 5.92. The number of nitrogens with zero attached hydrogens (tertiary/aromatic N) is 1. The van der Waals surface area contributed by atoms with Crippen LogP contribution in [0, 0.1) is 11.3 Å². The van der Waals surface area contributed by atoms with E-state index in [0.29, 0.717) is 17.9 Å². The molecule has 0 radical (unpaired) electrons. The molecule has 0 saturated carbocycles. The fourth-order valence-corrected chi connectivity index (χ4v) is 4.48. The Morgan fingerprint density at radius 3 is 2.89 bits per heavy atom. The van der Waals surface area contributed by atoms with Crippen molar-refractivity contribution >= 4 is 11.3 Å². The minimum absolute atomic E-state index is 0.345. The van der Waals surface area contributed by atoms with Crippen LogP contribution in [0.15, 0.2) is 17.5 Å². The fourth-order valence-electron chi connectivity index (χ4n) is 3.73. The highest BCUT2D eigenvalue weighted by Gasteiger charge is 2.42. The first-order valence-corrected chi connectivity index (χ1v) is 8.27. The predicted molar refractivity (Wildman–Crippen MR) is 79.3 cm³/mol. The van der Waals surface area contributed by atoms with Gasteiger partial charge in [-0.05, 0) is 55.8 Å². The van der Waals surface area contributed by atoms with Gasteiger partial charge in [0.1, 0.15) is 0 Å². The molecular formula is C15H24N2OS. The monoisotopic (exact) mass is 280 g/mol. The van der Waals surface area contributed by atoms with E-state index in [0.717, 1.165) is 19.6 Å². The summed E-state index contributed by atoms with van der Waals surface area (Å²) in [5.41, 5.74) is 0.409. The van der Waals surface area contributed by atoms with Gasteiger partial charge in [-0.3, -0.25) is 4.90 Å². The highest BCUT2D eigenvalue weighted by Crippen LogP contribution is 2.43. The molecule has 3 nitrogen and oxygen atoms in total. The Morgan fingerprint density at radius 1 is 1.37 bits per heavy atom. The predicted octanol–water partition coefficient (Wildman–Crippen LogP) is 1.93. The van der Waals surface area contributed by atoms with Crippen LogP contribution in [0.2, 0.25) is 0 Å². The van der Waals surface area contributed by atoms with Gasteiger partial charge in [-0.1, -0.05) is 6.07 Å². The Kier molecular flexibility index (Phi) is 4.22. The molecule has 2 saturated heterocycles. The third-order valence-corrected chi connectivity index (χ3v) is 5.95. The zero-order chi connectivity index (χ0) is 13.1. The summed E-state index contributed by atoms with van der Waals surface area (Å²) in [6.07, 6.45) is 3.75. The summed E-state index contributed by atoms with van der Waals surface area (Å²) in [4.78, 5) is 4.05. The lowest BCUT2D eigenvalue weighted by atomic mass is 9.65. The first kappa shape index (κ1) is 13.6. The largest absolute Gasteiger partial charge is 0.396 e. The van der Waals surface area contributed by atoms with Crippen molar-refractivity contribution in [3.05, 3.63) is 22.4 Å². The van der Waals surface area contributed by atoms with Crippen molar-refractivity contribution in [1.29, 1.82) is 0 Å². The Hall–Kier alpha value is -0.420. The maximum absolute atomic E-state index is 9.63. The lowest BCUT2D eigenvalue weighted by molar-refractivity contribution is -0.00561. The van der Waals surface area contributed by atoms with Gasteiger partial charge < -0.3 is 10.4 Å². The Balaban J connectivity index is 1.58. The van der Waals surface area contributed by atoms with Gasteiger partial charge in [0, 0.05) is 30.5 Å². The summed E-state index contributed by atoms with van der Waals surface area (Å²) in [5, 5.41) is 15.2. The Morgan fingerprint density at radius 2 is 2.21 bits per heavy atom. The van der Waals surface area contributed by atoms with Gasteiger partial charge in [0.25, 0.3) is 0 Å². The average molecular weight is 280 g/mol. The summed E-state index contributed by atoms with van der Waals surface area (Å²) in [6, 6.07) is 4.37. The van der Waals surface area contributed by atoms with Gasteiger partial charge in [-0.15, -0.1) is 11.3 Å². The third kappa shape index (κ3) is 2.87. The molecule has 1 aromatic rings. The number of aliphatic hydroxyl groups is 1. The van der Waals surface area contributed by atoms with E-state index < -0.39 is 0 Å². The number of hydrogen-bond acceptors (Lipinski definition) is 4. The molecule has 3 rings (SSSR count). The van der Waals surface area contributed by atoms with Gasteiger partial charge in [0.15, 0.2) is 0 Å². The molecule has 2 aliphatic heterocycles. The molecule has 0 bridgehead atoms. The van der Waals surface area contributed by atoms with Crippen LogP contribution in [0.1, 0.15) is 24.1 Å². The minimum atomic E-state index is 0.345. The van der Waals surface area contributed by atoms with Crippen molar-refractivity contribution in [1.82, 2.24) is 10.2 Å². The summed E-state index contributed by atoms with van der Waals surface area (Å²) >= 11 is 1.86. The average Bonchev–Trinajstić information content (AvgIpc) is 2.95. The van der Waals surface area contributed by atoms with Crippen LogP contribution in [-0.2, 0) is 6.54 Å². The zero-order valence-electron chi connectivity index (χ0n) is 11.5. The first-order valence-electron chi connectivity index (χ1n) is 7.39. The van der Waals surface area contributed by atoms with E-state index in [9.17, 15) is 5.11 Å².